The summed E-state index contributed by atoms with van der Waals surface area (Å²) in [6.45, 7) is 7.57. The molecule has 0 saturated carbocycles. The van der Waals surface area contributed by atoms with Crippen molar-refractivity contribution in [3.05, 3.63) is 53.6 Å². The van der Waals surface area contributed by atoms with Crippen molar-refractivity contribution in [1.29, 1.82) is 0 Å². The lowest BCUT2D eigenvalue weighted by atomic mass is 10.1. The molecule has 28 heavy (non-hydrogen) atoms. The molecule has 0 spiro atoms. The van der Waals surface area contributed by atoms with E-state index in [0.29, 0.717) is 18.8 Å². The number of amides is 1. The maximum Gasteiger partial charge on any atom is 0.331 e. The molecule has 0 N–H and O–H groups in total. The van der Waals surface area contributed by atoms with Crippen molar-refractivity contribution >= 4 is 23.3 Å². The number of rotatable bonds is 3. The van der Waals surface area contributed by atoms with Gasteiger partial charge in [-0.25, -0.2) is 4.79 Å². The summed E-state index contributed by atoms with van der Waals surface area (Å²) >= 11 is 0. The Morgan fingerprint density at radius 1 is 0.964 bits per heavy atom. The summed E-state index contributed by atoms with van der Waals surface area (Å²) in [5.74, 6) is 0.239. The van der Waals surface area contributed by atoms with Crippen LogP contribution in [0.3, 0.4) is 0 Å². The summed E-state index contributed by atoms with van der Waals surface area (Å²) in [6.07, 6.45) is 0. The van der Waals surface area contributed by atoms with Crippen LogP contribution < -0.4 is 14.5 Å². The fraction of sp³-hybridized carbons (Fsp3) is 0.364. The van der Waals surface area contributed by atoms with E-state index in [1.54, 1.807) is 11.0 Å². The molecule has 2 aromatic rings. The van der Waals surface area contributed by atoms with Crippen LogP contribution in [0.2, 0.25) is 0 Å². The number of benzene rings is 2. The van der Waals surface area contributed by atoms with Crippen LogP contribution in [0, 0.1) is 13.8 Å². The van der Waals surface area contributed by atoms with Gasteiger partial charge in [0.1, 0.15) is 6.54 Å². The Morgan fingerprint density at radius 2 is 1.68 bits per heavy atom. The van der Waals surface area contributed by atoms with E-state index in [0.717, 1.165) is 18.8 Å². The van der Waals surface area contributed by atoms with Gasteiger partial charge in [0, 0.05) is 31.9 Å². The smallest absolute Gasteiger partial charge is 0.331 e. The van der Waals surface area contributed by atoms with Crippen LogP contribution in [-0.4, -0.2) is 56.0 Å². The SMILES string of the molecule is Cc1cccc(N2CCN(C(=O)CN3CC(=O)Oc4ccccc43)CC2)c1C. The minimum absolute atomic E-state index is 0.0464. The van der Waals surface area contributed by atoms with Gasteiger partial charge in [-0.2, -0.15) is 0 Å². The van der Waals surface area contributed by atoms with Crippen LogP contribution in [0.5, 0.6) is 5.75 Å². The highest BCUT2D eigenvalue weighted by molar-refractivity contribution is 5.89. The number of anilines is 2. The zero-order chi connectivity index (χ0) is 19.7. The van der Waals surface area contributed by atoms with Gasteiger partial charge in [-0.1, -0.05) is 24.3 Å². The number of hydrogen-bond acceptors (Lipinski definition) is 5. The minimum atomic E-state index is -0.328. The first-order valence-corrected chi connectivity index (χ1v) is 9.66. The van der Waals surface area contributed by atoms with Gasteiger partial charge in [0.05, 0.1) is 12.2 Å². The van der Waals surface area contributed by atoms with Gasteiger partial charge in [0.2, 0.25) is 5.91 Å². The van der Waals surface area contributed by atoms with Crippen molar-refractivity contribution < 1.29 is 14.3 Å². The molecule has 1 saturated heterocycles. The van der Waals surface area contributed by atoms with Crippen molar-refractivity contribution in [2.24, 2.45) is 0 Å². The molecule has 0 atom stereocenters. The third kappa shape index (κ3) is 3.54. The number of ether oxygens (including phenoxy) is 1. The van der Waals surface area contributed by atoms with Gasteiger partial charge in [-0.05, 0) is 43.2 Å². The number of piperazine rings is 1. The van der Waals surface area contributed by atoms with E-state index in [1.165, 1.54) is 16.8 Å². The van der Waals surface area contributed by atoms with E-state index in [9.17, 15) is 9.59 Å². The second kappa shape index (κ2) is 7.54. The molecule has 0 radical (unpaired) electrons. The van der Waals surface area contributed by atoms with Crippen LogP contribution in [0.4, 0.5) is 11.4 Å². The predicted octanol–water partition coefficient (Wildman–Crippen LogP) is 2.38. The van der Waals surface area contributed by atoms with E-state index < -0.39 is 0 Å². The van der Waals surface area contributed by atoms with Crippen molar-refractivity contribution in [2.45, 2.75) is 13.8 Å². The van der Waals surface area contributed by atoms with E-state index in [-0.39, 0.29) is 25.0 Å². The van der Waals surface area contributed by atoms with E-state index in [1.807, 2.05) is 23.1 Å². The Labute approximate surface area is 165 Å². The molecular weight excluding hydrogens is 354 g/mol. The lowest BCUT2D eigenvalue weighted by Gasteiger charge is -2.38. The van der Waals surface area contributed by atoms with Crippen LogP contribution in [-0.2, 0) is 9.59 Å². The lowest BCUT2D eigenvalue weighted by molar-refractivity contribution is -0.133. The van der Waals surface area contributed by atoms with Gasteiger partial charge in [0.25, 0.3) is 0 Å². The molecule has 0 bridgehead atoms. The van der Waals surface area contributed by atoms with Crippen molar-refractivity contribution in [3.63, 3.8) is 0 Å². The van der Waals surface area contributed by atoms with Gasteiger partial charge in [0.15, 0.2) is 5.75 Å². The summed E-state index contributed by atoms with van der Waals surface area (Å²) in [5.41, 5.74) is 4.63. The fourth-order valence-corrected chi connectivity index (χ4v) is 3.88. The van der Waals surface area contributed by atoms with Crippen molar-refractivity contribution in [1.82, 2.24) is 4.90 Å². The molecule has 2 aromatic carbocycles. The fourth-order valence-electron chi connectivity index (χ4n) is 3.88. The Bertz CT molecular complexity index is 904. The van der Waals surface area contributed by atoms with Crippen LogP contribution >= 0.6 is 0 Å². The molecule has 2 aliphatic heterocycles. The number of nitrogens with zero attached hydrogens (tertiary/aromatic N) is 3. The van der Waals surface area contributed by atoms with Crippen molar-refractivity contribution in [3.8, 4) is 5.75 Å². The molecule has 2 aliphatic rings. The maximum absolute atomic E-state index is 12.9. The molecule has 1 amide bonds. The second-order valence-electron chi connectivity index (χ2n) is 7.38. The summed E-state index contributed by atoms with van der Waals surface area (Å²) < 4.78 is 5.26. The van der Waals surface area contributed by atoms with Gasteiger partial charge in [-0.15, -0.1) is 0 Å². The summed E-state index contributed by atoms with van der Waals surface area (Å²) in [7, 11) is 0. The number of para-hydroxylation sites is 2. The van der Waals surface area contributed by atoms with Crippen LogP contribution in [0.25, 0.3) is 0 Å². The molecule has 1 fully saturated rings. The predicted molar refractivity (Wildman–Crippen MR) is 109 cm³/mol. The van der Waals surface area contributed by atoms with E-state index in [2.05, 4.69) is 36.9 Å². The zero-order valence-corrected chi connectivity index (χ0v) is 16.4. The van der Waals surface area contributed by atoms with Crippen molar-refractivity contribution in [2.75, 3.05) is 49.1 Å². The first-order chi connectivity index (χ1) is 13.5. The number of fused-ring (bicyclic) bond motifs is 1. The molecule has 2 heterocycles. The van der Waals surface area contributed by atoms with Gasteiger partial charge >= 0.3 is 5.97 Å². The molecule has 0 aromatic heterocycles. The third-order valence-electron chi connectivity index (χ3n) is 5.62. The molecule has 4 rings (SSSR count). The van der Waals surface area contributed by atoms with E-state index in [4.69, 9.17) is 4.74 Å². The Hall–Kier alpha value is -3.02. The topological polar surface area (TPSA) is 53.1 Å². The average molecular weight is 379 g/mol. The van der Waals surface area contributed by atoms with E-state index >= 15 is 0 Å². The third-order valence-corrected chi connectivity index (χ3v) is 5.62. The quantitative estimate of drug-likeness (QED) is 0.605. The highest BCUT2D eigenvalue weighted by Gasteiger charge is 2.28. The molecule has 6 nitrogen and oxygen atoms in total. The minimum Gasteiger partial charge on any atom is -0.423 e. The first kappa shape index (κ1) is 18.3. The Morgan fingerprint density at radius 3 is 2.46 bits per heavy atom. The molecule has 0 unspecified atom stereocenters. The Kier molecular flexibility index (Phi) is 4.94. The summed E-state index contributed by atoms with van der Waals surface area (Å²) in [5, 5.41) is 0. The number of carbonyl (C=O) groups is 2. The second-order valence-corrected chi connectivity index (χ2v) is 7.38. The first-order valence-electron chi connectivity index (χ1n) is 9.66. The van der Waals surface area contributed by atoms with Gasteiger partial charge in [-0.3, -0.25) is 4.79 Å². The maximum atomic E-state index is 12.9. The highest BCUT2D eigenvalue weighted by atomic mass is 16.5. The highest BCUT2D eigenvalue weighted by Crippen LogP contribution is 2.31. The van der Waals surface area contributed by atoms with Crippen LogP contribution in [0.1, 0.15) is 11.1 Å². The molecule has 146 valence electrons. The molecule has 0 aliphatic carbocycles. The number of carbonyl (C=O) groups excluding carboxylic acids is 2. The summed E-state index contributed by atoms with van der Waals surface area (Å²) in [6, 6.07) is 13.7. The lowest BCUT2D eigenvalue weighted by Crippen LogP contribution is -2.52. The normalized spacial score (nSPS) is 16.6. The molecule has 6 heteroatoms. The Balaban J connectivity index is 1.40. The largest absolute Gasteiger partial charge is 0.423 e. The summed E-state index contributed by atoms with van der Waals surface area (Å²) in [4.78, 5) is 30.8. The molecular formula is C22H25N3O3. The van der Waals surface area contributed by atoms with Crippen LogP contribution in [0.15, 0.2) is 42.5 Å². The number of aryl methyl sites for hydroxylation is 1. The average Bonchev–Trinajstić information content (AvgIpc) is 2.70. The monoisotopic (exact) mass is 379 g/mol. The van der Waals surface area contributed by atoms with Gasteiger partial charge < -0.3 is 19.4 Å². The zero-order valence-electron chi connectivity index (χ0n) is 16.4. The standard InChI is InChI=1S/C22H25N3O3/c1-16-6-5-8-18(17(16)2)23-10-12-24(13-11-23)21(26)14-25-15-22(27)28-20-9-4-3-7-19(20)25/h3-9H,10-15H2,1-2H3. The number of hydrogen-bond donors (Lipinski definition) is 0. The number of esters is 1.